The molecule has 0 spiro atoms. The summed E-state index contributed by atoms with van der Waals surface area (Å²) in [4.78, 5) is 10.9. The molecule has 0 saturated heterocycles. The van der Waals surface area contributed by atoms with Gasteiger partial charge in [0, 0.05) is 6.04 Å². The molecule has 21 heavy (non-hydrogen) atoms. The van der Waals surface area contributed by atoms with Gasteiger partial charge in [-0.25, -0.2) is 4.79 Å². The summed E-state index contributed by atoms with van der Waals surface area (Å²) in [6.45, 7) is 9.22. The zero-order valence-corrected chi connectivity index (χ0v) is 13.4. The second kappa shape index (κ2) is 5.24. The lowest BCUT2D eigenvalue weighted by Crippen LogP contribution is -2.40. The van der Waals surface area contributed by atoms with Crippen molar-refractivity contribution in [3.05, 3.63) is 23.8 Å². The molecule has 1 saturated carbocycles. The molecule has 0 unspecified atom stereocenters. The summed E-state index contributed by atoms with van der Waals surface area (Å²) in [5.74, 6) is -0.951. The van der Waals surface area contributed by atoms with Crippen molar-refractivity contribution in [2.24, 2.45) is 10.8 Å². The summed E-state index contributed by atoms with van der Waals surface area (Å²) in [7, 11) is 0. The van der Waals surface area contributed by atoms with E-state index in [9.17, 15) is 4.79 Å². The Morgan fingerprint density at radius 2 is 1.81 bits per heavy atom. The highest BCUT2D eigenvalue weighted by molar-refractivity contribution is 5.90. The van der Waals surface area contributed by atoms with E-state index in [1.54, 1.807) is 12.1 Å². The van der Waals surface area contributed by atoms with Crippen LogP contribution in [0.2, 0.25) is 0 Å². The second-order valence-corrected chi connectivity index (χ2v) is 7.86. The Morgan fingerprint density at radius 1 is 1.24 bits per heavy atom. The zero-order valence-electron chi connectivity index (χ0n) is 13.4. The highest BCUT2D eigenvalue weighted by Gasteiger charge is 2.38. The minimum atomic E-state index is -0.951. The Hall–Kier alpha value is -1.71. The molecule has 4 N–H and O–H groups in total. The molecule has 1 fully saturated rings. The Morgan fingerprint density at radius 3 is 2.29 bits per heavy atom. The summed E-state index contributed by atoms with van der Waals surface area (Å²) in [6.07, 6.45) is 3.40. The lowest BCUT2D eigenvalue weighted by Gasteiger charge is -2.45. The van der Waals surface area contributed by atoms with Gasteiger partial charge >= 0.3 is 5.97 Å². The standard InChI is InChI=1S/C17H26N2O2/c1-16(2)8-12(9-17(3,4)10-16)19-14-6-5-11(15(20)21)7-13(14)18/h5-7,12,19H,8-10,18H2,1-4H3,(H,20,21). The van der Waals surface area contributed by atoms with E-state index in [2.05, 4.69) is 33.0 Å². The van der Waals surface area contributed by atoms with Crippen LogP contribution in [-0.4, -0.2) is 17.1 Å². The van der Waals surface area contributed by atoms with E-state index in [0.29, 0.717) is 22.6 Å². The van der Waals surface area contributed by atoms with Crippen LogP contribution in [0.25, 0.3) is 0 Å². The lowest BCUT2D eigenvalue weighted by molar-refractivity contribution is 0.0697. The molecule has 4 nitrogen and oxygen atoms in total. The molecule has 0 atom stereocenters. The first-order valence-corrected chi connectivity index (χ1v) is 7.47. The Kier molecular flexibility index (Phi) is 3.91. The molecule has 0 radical (unpaired) electrons. The van der Waals surface area contributed by atoms with E-state index < -0.39 is 5.97 Å². The van der Waals surface area contributed by atoms with E-state index in [-0.39, 0.29) is 5.56 Å². The largest absolute Gasteiger partial charge is 0.478 e. The van der Waals surface area contributed by atoms with Crippen LogP contribution in [0.4, 0.5) is 11.4 Å². The molecule has 1 aromatic rings. The molecule has 0 bridgehead atoms. The van der Waals surface area contributed by atoms with Gasteiger partial charge in [-0.15, -0.1) is 0 Å². The van der Waals surface area contributed by atoms with Gasteiger partial charge in [-0.2, -0.15) is 0 Å². The predicted octanol–water partition coefficient (Wildman–Crippen LogP) is 3.98. The molecule has 1 aliphatic rings. The normalized spacial score (nSPS) is 21.0. The number of carboxylic acids is 1. The highest BCUT2D eigenvalue weighted by atomic mass is 16.4. The van der Waals surface area contributed by atoms with E-state index in [0.717, 1.165) is 18.5 Å². The summed E-state index contributed by atoms with van der Waals surface area (Å²) in [5.41, 5.74) is 8.14. The van der Waals surface area contributed by atoms with E-state index >= 15 is 0 Å². The van der Waals surface area contributed by atoms with Gasteiger partial charge in [0.15, 0.2) is 0 Å². The van der Waals surface area contributed by atoms with Crippen LogP contribution in [0.5, 0.6) is 0 Å². The molecule has 0 aromatic heterocycles. The van der Waals surface area contributed by atoms with Crippen LogP contribution in [-0.2, 0) is 0 Å². The molecule has 0 amide bonds. The van der Waals surface area contributed by atoms with Crippen LogP contribution in [0.15, 0.2) is 18.2 Å². The minimum Gasteiger partial charge on any atom is -0.478 e. The summed E-state index contributed by atoms with van der Waals surface area (Å²) in [5, 5.41) is 12.5. The molecule has 1 aromatic carbocycles. The van der Waals surface area contributed by atoms with Gasteiger partial charge in [-0.1, -0.05) is 27.7 Å². The van der Waals surface area contributed by atoms with E-state index in [1.807, 2.05) is 0 Å². The monoisotopic (exact) mass is 290 g/mol. The number of hydrogen-bond acceptors (Lipinski definition) is 3. The molecular weight excluding hydrogens is 264 g/mol. The van der Waals surface area contributed by atoms with Crippen molar-refractivity contribution in [2.75, 3.05) is 11.1 Å². The first-order valence-electron chi connectivity index (χ1n) is 7.47. The fourth-order valence-corrected chi connectivity index (χ4v) is 4.00. The van der Waals surface area contributed by atoms with Crippen molar-refractivity contribution in [1.29, 1.82) is 0 Å². The number of anilines is 2. The molecule has 0 aliphatic heterocycles. The van der Waals surface area contributed by atoms with Gasteiger partial charge < -0.3 is 16.2 Å². The average molecular weight is 290 g/mol. The summed E-state index contributed by atoms with van der Waals surface area (Å²) in [6, 6.07) is 5.25. The Bertz CT molecular complexity index is 534. The van der Waals surface area contributed by atoms with Crippen LogP contribution >= 0.6 is 0 Å². The highest BCUT2D eigenvalue weighted by Crippen LogP contribution is 2.46. The molecule has 116 valence electrons. The predicted molar refractivity (Wildman–Crippen MR) is 86.6 cm³/mol. The molecule has 4 heteroatoms. The first kappa shape index (κ1) is 15.7. The summed E-state index contributed by atoms with van der Waals surface area (Å²) >= 11 is 0. The lowest BCUT2D eigenvalue weighted by atomic mass is 9.63. The number of nitrogen functional groups attached to an aromatic ring is 1. The first-order chi connectivity index (χ1) is 9.58. The number of carbonyl (C=O) groups is 1. The number of hydrogen-bond donors (Lipinski definition) is 3. The van der Waals surface area contributed by atoms with E-state index in [4.69, 9.17) is 10.8 Å². The fourth-order valence-electron chi connectivity index (χ4n) is 4.00. The third-order valence-electron chi connectivity index (χ3n) is 4.21. The molecule has 1 aliphatic carbocycles. The van der Waals surface area contributed by atoms with Crippen LogP contribution in [0, 0.1) is 10.8 Å². The van der Waals surface area contributed by atoms with Crippen molar-refractivity contribution in [1.82, 2.24) is 0 Å². The fraction of sp³-hybridized carbons (Fsp3) is 0.588. The van der Waals surface area contributed by atoms with Crippen LogP contribution in [0.3, 0.4) is 0 Å². The van der Waals surface area contributed by atoms with E-state index in [1.165, 1.54) is 12.5 Å². The minimum absolute atomic E-state index is 0.224. The number of rotatable bonds is 3. The third-order valence-corrected chi connectivity index (χ3v) is 4.21. The number of nitrogens with two attached hydrogens (primary N) is 1. The quantitative estimate of drug-likeness (QED) is 0.736. The number of nitrogens with one attached hydrogen (secondary N) is 1. The van der Waals surface area contributed by atoms with Crippen molar-refractivity contribution < 1.29 is 9.90 Å². The maximum Gasteiger partial charge on any atom is 0.335 e. The van der Waals surface area contributed by atoms with Crippen LogP contribution in [0.1, 0.15) is 57.3 Å². The summed E-state index contributed by atoms with van der Waals surface area (Å²) < 4.78 is 0. The third kappa shape index (κ3) is 3.90. The molecular formula is C17H26N2O2. The van der Waals surface area contributed by atoms with Gasteiger partial charge in [0.1, 0.15) is 0 Å². The Labute approximate surface area is 126 Å². The SMILES string of the molecule is CC1(C)CC(Nc2ccc(C(=O)O)cc2N)CC(C)(C)C1. The molecule has 0 heterocycles. The maximum atomic E-state index is 10.9. The number of benzene rings is 1. The van der Waals surface area contributed by atoms with Gasteiger partial charge in [0.2, 0.25) is 0 Å². The zero-order chi connectivity index (χ0) is 15.8. The van der Waals surface area contributed by atoms with Crippen LogP contribution < -0.4 is 11.1 Å². The van der Waals surface area contributed by atoms with Crippen molar-refractivity contribution >= 4 is 17.3 Å². The average Bonchev–Trinajstić information content (AvgIpc) is 2.27. The number of carboxylic acid groups (broad SMARTS) is 1. The van der Waals surface area contributed by atoms with Crippen molar-refractivity contribution in [3.8, 4) is 0 Å². The second-order valence-electron chi connectivity index (χ2n) is 7.86. The number of aromatic carboxylic acids is 1. The maximum absolute atomic E-state index is 10.9. The van der Waals surface area contributed by atoms with Crippen molar-refractivity contribution in [2.45, 2.75) is 53.0 Å². The van der Waals surface area contributed by atoms with Gasteiger partial charge in [-0.05, 0) is 48.3 Å². The van der Waals surface area contributed by atoms with Gasteiger partial charge in [0.25, 0.3) is 0 Å². The smallest absolute Gasteiger partial charge is 0.335 e. The topological polar surface area (TPSA) is 75.3 Å². The Balaban J connectivity index is 2.16. The molecule has 2 rings (SSSR count). The van der Waals surface area contributed by atoms with Gasteiger partial charge in [0.05, 0.1) is 16.9 Å². The van der Waals surface area contributed by atoms with Crippen molar-refractivity contribution in [3.63, 3.8) is 0 Å². The van der Waals surface area contributed by atoms with Gasteiger partial charge in [-0.3, -0.25) is 0 Å².